The van der Waals surface area contributed by atoms with Crippen molar-refractivity contribution in [2.45, 2.75) is 70.5 Å². The van der Waals surface area contributed by atoms with Crippen LogP contribution in [0.2, 0.25) is 0 Å². The number of rotatable bonds is 5. The van der Waals surface area contributed by atoms with E-state index in [2.05, 4.69) is 22.2 Å². The van der Waals surface area contributed by atoms with E-state index >= 15 is 0 Å². The van der Waals surface area contributed by atoms with E-state index in [1.54, 1.807) is 11.3 Å². The molecule has 1 saturated carbocycles. The second kappa shape index (κ2) is 6.44. The highest BCUT2D eigenvalue weighted by atomic mass is 32.1. The van der Waals surface area contributed by atoms with Crippen molar-refractivity contribution in [3.8, 4) is 0 Å². The number of hydrogen-bond acceptors (Lipinski definition) is 4. The van der Waals surface area contributed by atoms with Gasteiger partial charge in [0, 0.05) is 18.0 Å². The predicted octanol–water partition coefficient (Wildman–Crippen LogP) is 3.31. The fourth-order valence-electron chi connectivity index (χ4n) is 3.96. The van der Waals surface area contributed by atoms with Gasteiger partial charge < -0.3 is 5.11 Å². The number of fused-ring (bicyclic) bond motifs is 1. The third-order valence-corrected chi connectivity index (χ3v) is 5.87. The molecule has 3 atom stereocenters. The van der Waals surface area contributed by atoms with Crippen LogP contribution in [-0.4, -0.2) is 33.0 Å². The van der Waals surface area contributed by atoms with Gasteiger partial charge in [-0.15, -0.1) is 11.3 Å². The van der Waals surface area contributed by atoms with Crippen molar-refractivity contribution in [2.24, 2.45) is 5.92 Å². The Morgan fingerprint density at radius 3 is 3.05 bits per heavy atom. The lowest BCUT2D eigenvalue weighted by molar-refractivity contribution is -0.142. The van der Waals surface area contributed by atoms with Gasteiger partial charge in [0.05, 0.1) is 10.7 Å². The summed E-state index contributed by atoms with van der Waals surface area (Å²) in [5.41, 5.74) is 1.06. The Morgan fingerprint density at radius 2 is 2.29 bits per heavy atom. The molecule has 1 aliphatic carbocycles. The molecule has 3 rings (SSSR count). The van der Waals surface area contributed by atoms with Gasteiger partial charge in [0.1, 0.15) is 6.04 Å². The van der Waals surface area contributed by atoms with Gasteiger partial charge in [-0.05, 0) is 38.0 Å². The molecule has 1 aliphatic heterocycles. The summed E-state index contributed by atoms with van der Waals surface area (Å²) in [5, 5.41) is 12.8. The first-order valence-electron chi connectivity index (χ1n) is 8.11. The fraction of sp³-hybridized carbons (Fsp3) is 0.750. The summed E-state index contributed by atoms with van der Waals surface area (Å²) < 4.78 is 0. The Kier molecular flexibility index (Phi) is 4.60. The van der Waals surface area contributed by atoms with Gasteiger partial charge in [0.15, 0.2) is 0 Å². The van der Waals surface area contributed by atoms with Crippen LogP contribution in [0.25, 0.3) is 0 Å². The zero-order valence-electron chi connectivity index (χ0n) is 12.6. The van der Waals surface area contributed by atoms with Crippen LogP contribution in [0, 0.1) is 5.92 Å². The molecule has 4 nitrogen and oxygen atoms in total. The maximum atomic E-state index is 11.6. The molecule has 3 unspecified atom stereocenters. The molecule has 1 N–H and O–H groups in total. The van der Waals surface area contributed by atoms with E-state index in [0.717, 1.165) is 31.4 Å². The molecule has 0 aromatic carbocycles. The topological polar surface area (TPSA) is 53.4 Å². The average Bonchev–Trinajstić information content (AvgIpc) is 3.05. The molecule has 1 aromatic heterocycles. The Balaban J connectivity index is 1.74. The largest absolute Gasteiger partial charge is 0.480 e. The molecule has 1 saturated heterocycles. The van der Waals surface area contributed by atoms with Crippen LogP contribution in [0.5, 0.6) is 0 Å². The van der Waals surface area contributed by atoms with Gasteiger partial charge >= 0.3 is 5.97 Å². The monoisotopic (exact) mass is 308 g/mol. The van der Waals surface area contributed by atoms with Crippen molar-refractivity contribution in [3.05, 3.63) is 16.1 Å². The molecular weight excluding hydrogens is 284 g/mol. The first kappa shape index (κ1) is 15.0. The van der Waals surface area contributed by atoms with Crippen LogP contribution in [0.15, 0.2) is 5.38 Å². The van der Waals surface area contributed by atoms with Gasteiger partial charge in [0.25, 0.3) is 0 Å². The quantitative estimate of drug-likeness (QED) is 0.906. The van der Waals surface area contributed by atoms with E-state index in [1.807, 2.05) is 0 Å². The zero-order valence-corrected chi connectivity index (χ0v) is 13.4. The van der Waals surface area contributed by atoms with E-state index in [1.165, 1.54) is 24.3 Å². The molecule has 1 aromatic rings. The fourth-order valence-corrected chi connectivity index (χ4v) is 4.85. The first-order valence-corrected chi connectivity index (χ1v) is 8.98. The summed E-state index contributed by atoms with van der Waals surface area (Å²) in [6, 6.07) is 0.144. The van der Waals surface area contributed by atoms with E-state index in [9.17, 15) is 9.90 Å². The molecular formula is C16H24N2O2S. The van der Waals surface area contributed by atoms with E-state index in [0.29, 0.717) is 18.5 Å². The summed E-state index contributed by atoms with van der Waals surface area (Å²) >= 11 is 1.71. The molecule has 21 heavy (non-hydrogen) atoms. The molecule has 2 aliphatic rings. The number of carboxylic acid groups (broad SMARTS) is 1. The standard InChI is InChI=1S/C16H24N2O2S/c1-2-5-15-17-12(10-21-15)9-18-13-7-4-3-6-11(13)8-14(18)16(19)20/h10-11,13-14H,2-9H2,1H3,(H,19,20). The molecule has 2 fully saturated rings. The van der Waals surface area contributed by atoms with Crippen LogP contribution in [0.3, 0.4) is 0 Å². The zero-order chi connectivity index (χ0) is 14.8. The summed E-state index contributed by atoms with van der Waals surface area (Å²) in [7, 11) is 0. The summed E-state index contributed by atoms with van der Waals surface area (Å²) in [4.78, 5) is 18.5. The van der Waals surface area contributed by atoms with E-state index < -0.39 is 5.97 Å². The number of carbonyl (C=O) groups is 1. The predicted molar refractivity (Wildman–Crippen MR) is 83.4 cm³/mol. The highest BCUT2D eigenvalue weighted by Crippen LogP contribution is 2.40. The number of aryl methyl sites for hydroxylation is 1. The van der Waals surface area contributed by atoms with Crippen molar-refractivity contribution < 1.29 is 9.90 Å². The molecule has 0 bridgehead atoms. The lowest BCUT2D eigenvalue weighted by atomic mass is 9.85. The van der Waals surface area contributed by atoms with E-state index in [-0.39, 0.29) is 6.04 Å². The molecule has 5 heteroatoms. The third-order valence-electron chi connectivity index (χ3n) is 4.91. The van der Waals surface area contributed by atoms with Crippen molar-refractivity contribution in [3.63, 3.8) is 0 Å². The maximum absolute atomic E-state index is 11.6. The number of thiazole rings is 1. The highest BCUT2D eigenvalue weighted by Gasteiger charge is 2.45. The Bertz CT molecular complexity index is 502. The Labute approximate surface area is 130 Å². The molecule has 0 radical (unpaired) electrons. The van der Waals surface area contributed by atoms with Crippen LogP contribution < -0.4 is 0 Å². The van der Waals surface area contributed by atoms with Gasteiger partial charge in [-0.3, -0.25) is 9.69 Å². The van der Waals surface area contributed by atoms with Crippen molar-refractivity contribution in [2.75, 3.05) is 0 Å². The lowest BCUT2D eigenvalue weighted by Crippen LogP contribution is -2.41. The summed E-state index contributed by atoms with van der Waals surface area (Å²) in [6.45, 7) is 2.87. The number of hydrogen-bond donors (Lipinski definition) is 1. The number of aromatic nitrogens is 1. The normalized spacial score (nSPS) is 29.5. The van der Waals surface area contributed by atoms with Crippen molar-refractivity contribution >= 4 is 17.3 Å². The minimum atomic E-state index is -0.659. The smallest absolute Gasteiger partial charge is 0.320 e. The summed E-state index contributed by atoms with van der Waals surface area (Å²) in [6.07, 6.45) is 7.81. The maximum Gasteiger partial charge on any atom is 0.320 e. The minimum absolute atomic E-state index is 0.311. The lowest BCUT2D eigenvalue weighted by Gasteiger charge is -2.32. The SMILES string of the molecule is CCCc1nc(CN2C(C(=O)O)CC3CCCCC32)cs1. The highest BCUT2D eigenvalue weighted by molar-refractivity contribution is 7.09. The van der Waals surface area contributed by atoms with Crippen LogP contribution in [0.1, 0.15) is 56.2 Å². The Morgan fingerprint density at radius 1 is 1.48 bits per heavy atom. The second-order valence-corrected chi connectivity index (χ2v) is 7.30. The van der Waals surface area contributed by atoms with Crippen LogP contribution in [-0.2, 0) is 17.8 Å². The van der Waals surface area contributed by atoms with E-state index in [4.69, 9.17) is 0 Å². The number of likely N-dealkylation sites (tertiary alicyclic amines) is 1. The van der Waals surface area contributed by atoms with Gasteiger partial charge in [0.2, 0.25) is 0 Å². The number of nitrogens with zero attached hydrogens (tertiary/aromatic N) is 2. The minimum Gasteiger partial charge on any atom is -0.480 e. The van der Waals surface area contributed by atoms with Crippen LogP contribution in [0.4, 0.5) is 0 Å². The van der Waals surface area contributed by atoms with Crippen molar-refractivity contribution in [1.82, 2.24) is 9.88 Å². The van der Waals surface area contributed by atoms with Crippen LogP contribution >= 0.6 is 11.3 Å². The third kappa shape index (κ3) is 3.14. The van der Waals surface area contributed by atoms with Gasteiger partial charge in [-0.25, -0.2) is 4.98 Å². The second-order valence-electron chi connectivity index (χ2n) is 6.36. The van der Waals surface area contributed by atoms with Crippen molar-refractivity contribution in [1.29, 1.82) is 0 Å². The Hall–Kier alpha value is -0.940. The molecule has 2 heterocycles. The molecule has 0 spiro atoms. The number of aliphatic carboxylic acids is 1. The number of carboxylic acids is 1. The summed E-state index contributed by atoms with van der Waals surface area (Å²) in [5.74, 6) is -0.0815. The molecule has 116 valence electrons. The van der Waals surface area contributed by atoms with Gasteiger partial charge in [-0.2, -0.15) is 0 Å². The first-order chi connectivity index (χ1) is 10.2. The van der Waals surface area contributed by atoms with Gasteiger partial charge in [-0.1, -0.05) is 19.8 Å². The molecule has 0 amide bonds. The average molecular weight is 308 g/mol.